The predicted molar refractivity (Wildman–Crippen MR) is 118 cm³/mol. The molecule has 0 radical (unpaired) electrons. The molecule has 2 amide bonds. The molecule has 4 rings (SSSR count). The van der Waals surface area contributed by atoms with E-state index in [-0.39, 0.29) is 12.0 Å². The van der Waals surface area contributed by atoms with Crippen molar-refractivity contribution in [2.75, 3.05) is 18.0 Å². The normalized spacial score (nSPS) is 17.9. The number of ether oxygens (including phenoxy) is 1. The summed E-state index contributed by atoms with van der Waals surface area (Å²) in [6, 6.07) is 16.4. The highest BCUT2D eigenvalue weighted by Crippen LogP contribution is 2.49. The van der Waals surface area contributed by atoms with Crippen LogP contribution in [0.1, 0.15) is 50.3 Å². The number of piperidine rings is 1. The second kappa shape index (κ2) is 7.46. The molecular weight excluding hydrogens is 376 g/mol. The maximum Gasteiger partial charge on any atom is 0.410 e. The van der Waals surface area contributed by atoms with E-state index in [0.717, 1.165) is 22.4 Å². The maximum atomic E-state index is 13.8. The van der Waals surface area contributed by atoms with Crippen LogP contribution < -0.4 is 4.90 Å². The third kappa shape index (κ3) is 3.69. The molecule has 2 aromatic rings. The lowest BCUT2D eigenvalue weighted by Gasteiger charge is -2.39. The number of rotatable bonds is 2. The summed E-state index contributed by atoms with van der Waals surface area (Å²) in [5.41, 5.74) is 3.28. The Morgan fingerprint density at radius 1 is 1.07 bits per heavy atom. The monoisotopic (exact) mass is 406 g/mol. The summed E-state index contributed by atoms with van der Waals surface area (Å²) < 4.78 is 5.54. The Kier molecular flexibility index (Phi) is 5.08. The van der Waals surface area contributed by atoms with Crippen LogP contribution >= 0.6 is 0 Å². The highest BCUT2D eigenvalue weighted by Gasteiger charge is 2.52. The minimum atomic E-state index is -0.561. The van der Waals surface area contributed by atoms with E-state index < -0.39 is 11.0 Å². The van der Waals surface area contributed by atoms with E-state index in [1.54, 1.807) is 4.90 Å². The Balaban J connectivity index is 1.60. The zero-order chi connectivity index (χ0) is 21.5. The molecule has 5 heteroatoms. The Bertz CT molecular complexity index is 954. The lowest BCUT2D eigenvalue weighted by atomic mass is 9.73. The first-order chi connectivity index (χ1) is 14.2. The standard InChI is InChI=1S/C25H30N2O3/c1-18-10-11-21-20(16-18)25(22(28)27(21)17-19-8-6-5-7-9-19)12-14-26(15-13-25)23(29)30-24(2,3)4/h5-11,16H,12-15,17H2,1-4H3. The number of carbonyl (C=O) groups excluding carboxylic acids is 2. The number of hydrogen-bond donors (Lipinski definition) is 0. The predicted octanol–water partition coefficient (Wildman–Crippen LogP) is 4.81. The van der Waals surface area contributed by atoms with Crippen LogP contribution in [0.2, 0.25) is 0 Å². The van der Waals surface area contributed by atoms with E-state index in [2.05, 4.69) is 37.3 Å². The van der Waals surface area contributed by atoms with Crippen molar-refractivity contribution in [2.24, 2.45) is 0 Å². The van der Waals surface area contributed by atoms with Gasteiger partial charge in [0.1, 0.15) is 5.60 Å². The van der Waals surface area contributed by atoms with Gasteiger partial charge in [0.2, 0.25) is 5.91 Å². The van der Waals surface area contributed by atoms with Crippen molar-refractivity contribution in [3.8, 4) is 0 Å². The summed E-state index contributed by atoms with van der Waals surface area (Å²) in [7, 11) is 0. The number of likely N-dealkylation sites (tertiary alicyclic amines) is 1. The molecule has 2 heterocycles. The average molecular weight is 407 g/mol. The molecule has 0 bridgehead atoms. The first-order valence-electron chi connectivity index (χ1n) is 10.6. The van der Waals surface area contributed by atoms with Gasteiger partial charge in [-0.1, -0.05) is 48.0 Å². The molecule has 0 atom stereocenters. The number of amides is 2. The summed E-state index contributed by atoms with van der Waals surface area (Å²) in [4.78, 5) is 29.9. The van der Waals surface area contributed by atoms with Crippen molar-refractivity contribution in [1.29, 1.82) is 0 Å². The van der Waals surface area contributed by atoms with E-state index in [4.69, 9.17) is 4.74 Å². The zero-order valence-corrected chi connectivity index (χ0v) is 18.3. The molecule has 1 saturated heterocycles. The molecule has 0 unspecified atom stereocenters. The van der Waals surface area contributed by atoms with Crippen LogP contribution in [0, 0.1) is 6.92 Å². The lowest BCUT2D eigenvalue weighted by Crippen LogP contribution is -2.50. The van der Waals surface area contributed by atoms with Crippen LogP contribution in [0.3, 0.4) is 0 Å². The zero-order valence-electron chi connectivity index (χ0n) is 18.3. The van der Waals surface area contributed by atoms with Gasteiger partial charge in [-0.25, -0.2) is 4.79 Å². The Labute approximate surface area is 178 Å². The highest BCUT2D eigenvalue weighted by atomic mass is 16.6. The summed E-state index contributed by atoms with van der Waals surface area (Å²) in [6.45, 7) is 9.29. The number of anilines is 1. The summed E-state index contributed by atoms with van der Waals surface area (Å²) in [5, 5.41) is 0. The summed E-state index contributed by atoms with van der Waals surface area (Å²) in [6.07, 6.45) is 0.938. The van der Waals surface area contributed by atoms with Gasteiger partial charge in [0, 0.05) is 18.8 Å². The number of hydrogen-bond acceptors (Lipinski definition) is 3. The smallest absolute Gasteiger partial charge is 0.410 e. The number of carbonyl (C=O) groups is 2. The minimum absolute atomic E-state index is 0.149. The SMILES string of the molecule is Cc1ccc2c(c1)C1(CCN(C(=O)OC(C)(C)C)CC1)C(=O)N2Cc1ccccc1. The van der Waals surface area contributed by atoms with Gasteiger partial charge in [-0.2, -0.15) is 0 Å². The summed E-state index contributed by atoms with van der Waals surface area (Å²) >= 11 is 0. The van der Waals surface area contributed by atoms with Crippen LogP contribution in [0.15, 0.2) is 48.5 Å². The van der Waals surface area contributed by atoms with Crippen LogP contribution in [0.5, 0.6) is 0 Å². The molecule has 2 aliphatic heterocycles. The first kappa shape index (κ1) is 20.5. The van der Waals surface area contributed by atoms with Crippen LogP contribution in [-0.2, 0) is 21.5 Å². The molecule has 2 aromatic carbocycles. The second-order valence-electron chi connectivity index (χ2n) is 9.45. The van der Waals surface area contributed by atoms with Gasteiger partial charge in [0.25, 0.3) is 0 Å². The summed E-state index contributed by atoms with van der Waals surface area (Å²) in [5.74, 6) is 0.149. The van der Waals surface area contributed by atoms with E-state index >= 15 is 0 Å². The van der Waals surface area contributed by atoms with E-state index in [0.29, 0.717) is 32.5 Å². The molecule has 1 fully saturated rings. The highest BCUT2D eigenvalue weighted by molar-refractivity contribution is 6.08. The van der Waals surface area contributed by atoms with Gasteiger partial charge < -0.3 is 14.5 Å². The molecular formula is C25H30N2O3. The number of aryl methyl sites for hydroxylation is 1. The van der Waals surface area contributed by atoms with Crippen molar-refractivity contribution < 1.29 is 14.3 Å². The van der Waals surface area contributed by atoms with Gasteiger partial charge in [-0.3, -0.25) is 4.79 Å². The van der Waals surface area contributed by atoms with Crippen molar-refractivity contribution in [2.45, 2.75) is 58.1 Å². The fraction of sp³-hybridized carbons (Fsp3) is 0.440. The fourth-order valence-corrected chi connectivity index (χ4v) is 4.56. The molecule has 0 N–H and O–H groups in total. The van der Waals surface area contributed by atoms with Crippen molar-refractivity contribution >= 4 is 17.7 Å². The van der Waals surface area contributed by atoms with Gasteiger partial charge in [-0.05, 0) is 57.7 Å². The third-order valence-corrected chi connectivity index (χ3v) is 6.07. The van der Waals surface area contributed by atoms with Crippen LogP contribution in [-0.4, -0.2) is 35.6 Å². The molecule has 0 aromatic heterocycles. The second-order valence-corrected chi connectivity index (χ2v) is 9.45. The first-order valence-corrected chi connectivity index (χ1v) is 10.6. The van der Waals surface area contributed by atoms with E-state index in [1.165, 1.54) is 0 Å². The fourth-order valence-electron chi connectivity index (χ4n) is 4.56. The van der Waals surface area contributed by atoms with Crippen molar-refractivity contribution in [1.82, 2.24) is 4.90 Å². The Hall–Kier alpha value is -2.82. The lowest BCUT2D eigenvalue weighted by molar-refractivity contribution is -0.125. The van der Waals surface area contributed by atoms with Gasteiger partial charge in [0.05, 0.1) is 12.0 Å². The van der Waals surface area contributed by atoms with Crippen LogP contribution in [0.4, 0.5) is 10.5 Å². The number of nitrogens with zero attached hydrogens (tertiary/aromatic N) is 2. The van der Waals surface area contributed by atoms with Crippen molar-refractivity contribution in [3.63, 3.8) is 0 Å². The average Bonchev–Trinajstić information content (AvgIpc) is 2.90. The largest absolute Gasteiger partial charge is 0.444 e. The van der Waals surface area contributed by atoms with Gasteiger partial charge in [-0.15, -0.1) is 0 Å². The molecule has 30 heavy (non-hydrogen) atoms. The molecule has 158 valence electrons. The van der Waals surface area contributed by atoms with Crippen molar-refractivity contribution in [3.05, 3.63) is 65.2 Å². The molecule has 5 nitrogen and oxygen atoms in total. The van der Waals surface area contributed by atoms with Gasteiger partial charge in [0.15, 0.2) is 0 Å². The van der Waals surface area contributed by atoms with E-state index in [1.807, 2.05) is 43.9 Å². The Morgan fingerprint density at radius 2 is 1.73 bits per heavy atom. The topological polar surface area (TPSA) is 49.9 Å². The minimum Gasteiger partial charge on any atom is -0.444 e. The van der Waals surface area contributed by atoms with E-state index in [9.17, 15) is 9.59 Å². The number of benzene rings is 2. The molecule has 2 aliphatic rings. The quantitative estimate of drug-likeness (QED) is 0.719. The third-order valence-electron chi connectivity index (χ3n) is 6.07. The Morgan fingerprint density at radius 3 is 2.37 bits per heavy atom. The van der Waals surface area contributed by atoms with Gasteiger partial charge >= 0.3 is 6.09 Å². The maximum absolute atomic E-state index is 13.8. The van der Waals surface area contributed by atoms with Crippen LogP contribution in [0.25, 0.3) is 0 Å². The number of fused-ring (bicyclic) bond motifs is 2. The molecule has 1 spiro atoms. The molecule has 0 aliphatic carbocycles. The molecule has 0 saturated carbocycles.